The van der Waals surface area contributed by atoms with Crippen LogP contribution in [-0.2, 0) is 0 Å². The molecule has 1 aliphatic heterocycles. The van der Waals surface area contributed by atoms with E-state index >= 15 is 0 Å². The second kappa shape index (κ2) is 11.0. The van der Waals surface area contributed by atoms with Crippen LogP contribution in [0, 0.1) is 24.5 Å². The number of nitrogens with one attached hydrogen (secondary N) is 1. The number of pyridine rings is 1. The van der Waals surface area contributed by atoms with Crippen molar-refractivity contribution in [3.8, 4) is 11.3 Å². The minimum atomic E-state index is -0.632. The smallest absolute Gasteiger partial charge is 0.229 e. The van der Waals surface area contributed by atoms with E-state index in [4.69, 9.17) is 0 Å². The van der Waals surface area contributed by atoms with Crippen LogP contribution in [0.15, 0.2) is 36.7 Å². The van der Waals surface area contributed by atoms with Crippen LogP contribution in [-0.4, -0.2) is 48.5 Å². The molecular formula is C30H37F2N7. The third-order valence-electron chi connectivity index (χ3n) is 8.02. The molecule has 4 heterocycles. The van der Waals surface area contributed by atoms with Crippen molar-refractivity contribution >= 4 is 22.8 Å². The molecule has 9 heteroatoms. The van der Waals surface area contributed by atoms with Crippen molar-refractivity contribution in [2.24, 2.45) is 5.92 Å². The van der Waals surface area contributed by atoms with E-state index in [-0.39, 0.29) is 23.2 Å². The molecule has 1 unspecified atom stereocenters. The highest BCUT2D eigenvalue weighted by atomic mass is 19.1. The molecule has 3 aromatic heterocycles. The van der Waals surface area contributed by atoms with Crippen molar-refractivity contribution in [2.75, 3.05) is 18.4 Å². The molecule has 0 saturated carbocycles. The van der Waals surface area contributed by atoms with E-state index in [1.165, 1.54) is 24.5 Å². The number of halogens is 2. The second-order valence-electron chi connectivity index (χ2n) is 11.2. The molecular weight excluding hydrogens is 496 g/mol. The van der Waals surface area contributed by atoms with Crippen molar-refractivity contribution in [2.45, 2.75) is 72.4 Å². The van der Waals surface area contributed by atoms with Gasteiger partial charge in [-0.2, -0.15) is 0 Å². The summed E-state index contributed by atoms with van der Waals surface area (Å²) in [6.45, 7) is 14.9. The lowest BCUT2D eigenvalue weighted by Gasteiger charge is -2.37. The van der Waals surface area contributed by atoms with Crippen molar-refractivity contribution in [3.63, 3.8) is 0 Å². The Morgan fingerprint density at radius 1 is 0.897 bits per heavy atom. The summed E-state index contributed by atoms with van der Waals surface area (Å²) in [5, 5.41) is 3.07. The molecule has 0 spiro atoms. The van der Waals surface area contributed by atoms with Crippen LogP contribution in [0.5, 0.6) is 0 Å². The van der Waals surface area contributed by atoms with Crippen LogP contribution < -0.4 is 5.32 Å². The zero-order valence-electron chi connectivity index (χ0n) is 23.5. The third kappa shape index (κ3) is 5.50. The standard InChI is InChI=1S/C30H37F2N7/c1-17(2)38-11-9-21(10-12-38)19(5)22-7-8-27(33-15-22)36-30-34-16-25(32)28(37-30)23-13-24(31)29-26(14-23)39(18(3)4)20(6)35-29/h7-8,13-19,21H,9-12H2,1-6H3,(H,33,34,36,37). The normalized spacial score (nSPS) is 15.9. The van der Waals surface area contributed by atoms with Gasteiger partial charge < -0.3 is 14.8 Å². The van der Waals surface area contributed by atoms with Crippen LogP contribution in [0.4, 0.5) is 20.5 Å². The number of piperidine rings is 1. The Labute approximate surface area is 228 Å². The number of likely N-dealkylation sites (tertiary alicyclic amines) is 1. The number of rotatable bonds is 7. The predicted octanol–water partition coefficient (Wildman–Crippen LogP) is 7.02. The summed E-state index contributed by atoms with van der Waals surface area (Å²) in [4.78, 5) is 20.0. The molecule has 1 aromatic carbocycles. The summed E-state index contributed by atoms with van der Waals surface area (Å²) in [6, 6.07) is 7.65. The van der Waals surface area contributed by atoms with Crippen molar-refractivity contribution in [3.05, 3.63) is 59.7 Å². The van der Waals surface area contributed by atoms with Gasteiger partial charge in [0.2, 0.25) is 5.95 Å². The van der Waals surface area contributed by atoms with Gasteiger partial charge >= 0.3 is 0 Å². The maximum atomic E-state index is 15.0. The van der Waals surface area contributed by atoms with E-state index in [0.717, 1.165) is 19.3 Å². The molecule has 5 rings (SSSR count). The summed E-state index contributed by atoms with van der Waals surface area (Å²) >= 11 is 0. The van der Waals surface area contributed by atoms with Gasteiger partial charge in [0, 0.05) is 23.8 Å². The Morgan fingerprint density at radius 3 is 2.28 bits per heavy atom. The van der Waals surface area contributed by atoms with Crippen molar-refractivity contribution < 1.29 is 8.78 Å². The van der Waals surface area contributed by atoms with E-state index in [1.54, 1.807) is 6.07 Å². The van der Waals surface area contributed by atoms with Gasteiger partial charge in [-0.25, -0.2) is 28.7 Å². The number of imidazole rings is 1. The first-order chi connectivity index (χ1) is 18.6. The lowest BCUT2D eigenvalue weighted by Crippen LogP contribution is -2.39. The number of hydrogen-bond acceptors (Lipinski definition) is 6. The summed E-state index contributed by atoms with van der Waals surface area (Å²) in [5.41, 5.74) is 2.41. The van der Waals surface area contributed by atoms with Gasteiger partial charge in [-0.05, 0) is 96.1 Å². The number of hydrogen-bond donors (Lipinski definition) is 1. The Hall–Kier alpha value is -3.46. The fraction of sp³-hybridized carbons (Fsp3) is 0.467. The Bertz CT molecular complexity index is 1450. The van der Waals surface area contributed by atoms with E-state index in [9.17, 15) is 8.78 Å². The summed E-state index contributed by atoms with van der Waals surface area (Å²) in [7, 11) is 0. The molecule has 1 N–H and O–H groups in total. The predicted molar refractivity (Wildman–Crippen MR) is 151 cm³/mol. The number of aryl methyl sites for hydroxylation is 1. The SMILES string of the molecule is Cc1nc2c(F)cc(-c3nc(Nc4ccc(C(C)C5CCN(C(C)C)CC5)cn4)ncc3F)cc2n1C(C)C. The molecule has 1 aliphatic rings. The van der Waals surface area contributed by atoms with E-state index in [0.29, 0.717) is 40.6 Å². The number of aromatic nitrogens is 5. The van der Waals surface area contributed by atoms with Gasteiger partial charge in [-0.15, -0.1) is 0 Å². The van der Waals surface area contributed by atoms with Crippen LogP contribution in [0.25, 0.3) is 22.3 Å². The van der Waals surface area contributed by atoms with Crippen molar-refractivity contribution in [1.82, 2.24) is 29.4 Å². The maximum absolute atomic E-state index is 15.0. The third-order valence-corrected chi connectivity index (χ3v) is 8.02. The molecule has 4 aromatic rings. The molecule has 0 radical (unpaired) electrons. The second-order valence-corrected chi connectivity index (χ2v) is 11.2. The van der Waals surface area contributed by atoms with Gasteiger partial charge in [0.25, 0.3) is 0 Å². The molecule has 206 valence electrons. The first-order valence-corrected chi connectivity index (χ1v) is 13.8. The first kappa shape index (κ1) is 27.1. The minimum Gasteiger partial charge on any atom is -0.326 e. The molecule has 0 bridgehead atoms. The highest BCUT2D eigenvalue weighted by Gasteiger charge is 2.26. The largest absolute Gasteiger partial charge is 0.326 e. The lowest BCUT2D eigenvalue weighted by molar-refractivity contribution is 0.139. The molecule has 0 amide bonds. The highest BCUT2D eigenvalue weighted by molar-refractivity contribution is 5.83. The average Bonchev–Trinajstić information content (AvgIpc) is 3.26. The highest BCUT2D eigenvalue weighted by Crippen LogP contribution is 2.33. The van der Waals surface area contributed by atoms with Crippen molar-refractivity contribution in [1.29, 1.82) is 0 Å². The van der Waals surface area contributed by atoms with E-state index in [2.05, 4.69) is 57.0 Å². The Morgan fingerprint density at radius 2 is 1.64 bits per heavy atom. The number of nitrogens with zero attached hydrogens (tertiary/aromatic N) is 6. The van der Waals surface area contributed by atoms with E-state index in [1.807, 2.05) is 37.6 Å². The van der Waals surface area contributed by atoms with Gasteiger partial charge in [-0.1, -0.05) is 13.0 Å². The Kier molecular flexibility index (Phi) is 7.62. The zero-order chi connectivity index (χ0) is 27.8. The summed E-state index contributed by atoms with van der Waals surface area (Å²) in [5.74, 6) is 1.36. The van der Waals surface area contributed by atoms with Gasteiger partial charge in [0.05, 0.1) is 11.7 Å². The van der Waals surface area contributed by atoms with Crippen LogP contribution >= 0.6 is 0 Å². The molecule has 1 saturated heterocycles. The first-order valence-electron chi connectivity index (χ1n) is 13.8. The summed E-state index contributed by atoms with van der Waals surface area (Å²) in [6.07, 6.45) is 5.37. The average molecular weight is 534 g/mol. The number of anilines is 2. The fourth-order valence-electron chi connectivity index (χ4n) is 5.76. The lowest BCUT2D eigenvalue weighted by atomic mass is 9.81. The van der Waals surface area contributed by atoms with Crippen LogP contribution in [0.1, 0.15) is 70.8 Å². The van der Waals surface area contributed by atoms with E-state index < -0.39 is 11.6 Å². The molecule has 0 aliphatic carbocycles. The maximum Gasteiger partial charge on any atom is 0.229 e. The molecule has 7 nitrogen and oxygen atoms in total. The monoisotopic (exact) mass is 533 g/mol. The fourth-order valence-corrected chi connectivity index (χ4v) is 5.76. The minimum absolute atomic E-state index is 0.0143. The summed E-state index contributed by atoms with van der Waals surface area (Å²) < 4.78 is 31.8. The van der Waals surface area contributed by atoms with Gasteiger partial charge in [-0.3, -0.25) is 0 Å². The number of benzene rings is 1. The topological polar surface area (TPSA) is 71.8 Å². The van der Waals surface area contributed by atoms with Gasteiger partial charge in [0.1, 0.15) is 22.9 Å². The van der Waals surface area contributed by atoms with Crippen LogP contribution in [0.2, 0.25) is 0 Å². The van der Waals surface area contributed by atoms with Crippen LogP contribution in [0.3, 0.4) is 0 Å². The number of fused-ring (bicyclic) bond motifs is 1. The quantitative estimate of drug-likeness (QED) is 0.275. The Balaban J connectivity index is 1.35. The molecule has 1 fully saturated rings. The van der Waals surface area contributed by atoms with Gasteiger partial charge in [0.15, 0.2) is 11.6 Å². The zero-order valence-corrected chi connectivity index (χ0v) is 23.5. The molecule has 1 atom stereocenters. The molecule has 39 heavy (non-hydrogen) atoms.